The number of carbonyl (C=O) groups is 2. The van der Waals surface area contributed by atoms with Gasteiger partial charge in [-0.05, 0) is 86.4 Å². The topological polar surface area (TPSA) is 55.7 Å². The van der Waals surface area contributed by atoms with E-state index >= 15 is 0 Å². The van der Waals surface area contributed by atoms with Crippen LogP contribution < -0.4 is 0 Å². The second-order valence-electron chi connectivity index (χ2n) is 11.4. The molecule has 0 aromatic carbocycles. The van der Waals surface area contributed by atoms with Crippen molar-refractivity contribution in [3.63, 3.8) is 0 Å². The van der Waals surface area contributed by atoms with Gasteiger partial charge in [0, 0.05) is 18.8 Å². The summed E-state index contributed by atoms with van der Waals surface area (Å²) in [6.07, 6.45) is 10.2. The summed E-state index contributed by atoms with van der Waals surface area (Å²) in [4.78, 5) is 29.1. The third kappa shape index (κ3) is 3.39. The summed E-state index contributed by atoms with van der Waals surface area (Å²) < 4.78 is 0. The molecule has 4 aliphatic rings. The molecule has 0 heterocycles. The summed E-state index contributed by atoms with van der Waals surface area (Å²) >= 11 is 0. The van der Waals surface area contributed by atoms with E-state index in [1.165, 1.54) is 32.1 Å². The molecule has 4 heteroatoms. The number of oxime groups is 1. The summed E-state index contributed by atoms with van der Waals surface area (Å²) in [6.45, 7) is 10.7. The van der Waals surface area contributed by atoms with Crippen LogP contribution in [0.3, 0.4) is 0 Å². The normalized spacial score (nSPS) is 44.8. The van der Waals surface area contributed by atoms with E-state index in [0.717, 1.165) is 49.1 Å². The zero-order valence-electron chi connectivity index (χ0n) is 19.0. The predicted molar refractivity (Wildman–Crippen MR) is 114 cm³/mol. The largest absolute Gasteiger partial charge is 0.337 e. The lowest BCUT2D eigenvalue weighted by molar-refractivity contribution is -0.147. The van der Waals surface area contributed by atoms with Crippen LogP contribution >= 0.6 is 0 Å². The Bertz CT molecular complexity index is 713. The summed E-state index contributed by atoms with van der Waals surface area (Å²) in [6, 6.07) is 0. The highest BCUT2D eigenvalue weighted by Gasteiger charge is 2.60. The first-order valence-electron chi connectivity index (χ1n) is 11.9. The standard InChI is InChI=1S/C25H39NO3/c1-15(2)23(28)29-26-16(3)20-8-9-21-19-7-6-17-14-18(27)10-12-24(17,4)22(19)11-13-25(20,21)5/h15,17,19-22H,6-14H2,1-5H3/b26-16+/t17-,19-,20+,21-,22-,24-,25+/m0/s1. The first-order chi connectivity index (χ1) is 13.7. The number of hydrogen-bond donors (Lipinski definition) is 0. The van der Waals surface area contributed by atoms with E-state index in [4.69, 9.17) is 4.84 Å². The van der Waals surface area contributed by atoms with Gasteiger partial charge in [-0.15, -0.1) is 0 Å². The van der Waals surface area contributed by atoms with E-state index in [2.05, 4.69) is 25.9 Å². The molecule has 162 valence electrons. The van der Waals surface area contributed by atoms with Gasteiger partial charge in [-0.3, -0.25) is 4.79 Å². The number of hydrogen-bond acceptors (Lipinski definition) is 4. The lowest BCUT2D eigenvalue weighted by Gasteiger charge is -2.60. The van der Waals surface area contributed by atoms with Gasteiger partial charge in [0.05, 0.1) is 11.6 Å². The van der Waals surface area contributed by atoms with Crippen molar-refractivity contribution in [2.75, 3.05) is 0 Å². The smallest absolute Gasteiger partial charge is 0.318 e. The summed E-state index contributed by atoms with van der Waals surface area (Å²) in [5.74, 6) is 3.46. The molecule has 0 aromatic rings. The Balaban J connectivity index is 1.52. The molecular formula is C25H39NO3. The molecule has 4 nitrogen and oxygen atoms in total. The average Bonchev–Trinajstić information content (AvgIpc) is 3.03. The Labute approximate surface area is 176 Å². The molecular weight excluding hydrogens is 362 g/mol. The molecule has 0 amide bonds. The molecule has 4 fully saturated rings. The first-order valence-corrected chi connectivity index (χ1v) is 11.9. The van der Waals surface area contributed by atoms with Crippen LogP contribution in [0.25, 0.3) is 0 Å². The van der Waals surface area contributed by atoms with E-state index < -0.39 is 0 Å². The zero-order chi connectivity index (χ0) is 21.0. The van der Waals surface area contributed by atoms with E-state index in [-0.39, 0.29) is 17.3 Å². The van der Waals surface area contributed by atoms with Crippen LogP contribution in [0.15, 0.2) is 5.16 Å². The van der Waals surface area contributed by atoms with Gasteiger partial charge in [-0.2, -0.15) is 0 Å². The summed E-state index contributed by atoms with van der Waals surface area (Å²) in [7, 11) is 0. The Morgan fingerprint density at radius 1 is 1.03 bits per heavy atom. The van der Waals surface area contributed by atoms with Crippen molar-refractivity contribution < 1.29 is 14.4 Å². The number of fused-ring (bicyclic) bond motifs is 5. The van der Waals surface area contributed by atoms with Gasteiger partial charge >= 0.3 is 5.97 Å². The SMILES string of the molecule is C/C(=N\OC(=O)C(C)C)[C@H]1CC[C@H]2[C@@H]3CC[C@H]4CC(=O)CC[C@]4(C)[C@H]3CC[C@]12C. The van der Waals surface area contributed by atoms with Crippen LogP contribution in [0, 0.1) is 46.3 Å². The van der Waals surface area contributed by atoms with Crippen molar-refractivity contribution in [3.05, 3.63) is 0 Å². The van der Waals surface area contributed by atoms with E-state index in [1.54, 1.807) is 0 Å². The first kappa shape index (κ1) is 21.1. The van der Waals surface area contributed by atoms with Crippen LogP contribution in [0.4, 0.5) is 0 Å². The van der Waals surface area contributed by atoms with Gasteiger partial charge in [0.1, 0.15) is 5.78 Å². The maximum atomic E-state index is 12.1. The molecule has 29 heavy (non-hydrogen) atoms. The minimum absolute atomic E-state index is 0.146. The maximum Gasteiger partial charge on any atom is 0.337 e. The number of nitrogens with zero attached hydrogens (tertiary/aromatic N) is 1. The van der Waals surface area contributed by atoms with Crippen LogP contribution in [-0.4, -0.2) is 17.5 Å². The quantitative estimate of drug-likeness (QED) is 0.342. The highest BCUT2D eigenvalue weighted by Crippen LogP contribution is 2.67. The Morgan fingerprint density at radius 2 is 1.76 bits per heavy atom. The molecule has 0 saturated heterocycles. The highest BCUT2D eigenvalue weighted by atomic mass is 16.7. The fourth-order valence-electron chi connectivity index (χ4n) is 8.02. The van der Waals surface area contributed by atoms with Gasteiger partial charge in [0.2, 0.25) is 0 Å². The Morgan fingerprint density at radius 3 is 2.48 bits per heavy atom. The van der Waals surface area contributed by atoms with Crippen molar-refractivity contribution in [2.24, 2.45) is 51.5 Å². The second-order valence-corrected chi connectivity index (χ2v) is 11.4. The molecule has 4 saturated carbocycles. The third-order valence-electron chi connectivity index (χ3n) is 9.74. The van der Waals surface area contributed by atoms with Gasteiger partial charge in [-0.1, -0.05) is 32.9 Å². The minimum atomic E-state index is -0.245. The number of ketones is 1. The lowest BCUT2D eigenvalue weighted by atomic mass is 9.44. The minimum Gasteiger partial charge on any atom is -0.318 e. The second kappa shape index (κ2) is 7.50. The molecule has 7 atom stereocenters. The summed E-state index contributed by atoms with van der Waals surface area (Å²) in [5.41, 5.74) is 1.64. The average molecular weight is 402 g/mol. The molecule has 0 spiro atoms. The summed E-state index contributed by atoms with van der Waals surface area (Å²) in [5, 5.41) is 4.28. The molecule has 0 N–H and O–H groups in total. The molecule has 0 unspecified atom stereocenters. The van der Waals surface area contributed by atoms with E-state index in [0.29, 0.717) is 23.0 Å². The molecule has 0 bridgehead atoms. The number of carbonyl (C=O) groups excluding carboxylic acids is 2. The zero-order valence-corrected chi connectivity index (χ0v) is 19.0. The Hall–Kier alpha value is -1.19. The molecule has 0 radical (unpaired) electrons. The molecule has 0 aromatic heterocycles. The third-order valence-corrected chi connectivity index (χ3v) is 9.74. The van der Waals surface area contributed by atoms with Crippen molar-refractivity contribution in [1.82, 2.24) is 0 Å². The highest BCUT2D eigenvalue weighted by molar-refractivity contribution is 5.86. The van der Waals surface area contributed by atoms with Crippen molar-refractivity contribution in [1.29, 1.82) is 0 Å². The van der Waals surface area contributed by atoms with Gasteiger partial charge in [0.25, 0.3) is 0 Å². The van der Waals surface area contributed by atoms with Crippen LogP contribution in [-0.2, 0) is 14.4 Å². The molecule has 0 aliphatic heterocycles. The molecule has 4 aliphatic carbocycles. The monoisotopic (exact) mass is 401 g/mol. The van der Waals surface area contributed by atoms with Crippen molar-refractivity contribution in [3.8, 4) is 0 Å². The predicted octanol–water partition coefficient (Wildman–Crippen LogP) is 5.79. The Kier molecular flexibility index (Phi) is 5.44. The fourth-order valence-corrected chi connectivity index (χ4v) is 8.02. The van der Waals surface area contributed by atoms with Crippen LogP contribution in [0.5, 0.6) is 0 Å². The van der Waals surface area contributed by atoms with Gasteiger partial charge in [0.15, 0.2) is 0 Å². The maximum absolute atomic E-state index is 12.1. The number of rotatable bonds is 3. The van der Waals surface area contributed by atoms with Crippen molar-refractivity contribution >= 4 is 17.5 Å². The van der Waals surface area contributed by atoms with Gasteiger partial charge < -0.3 is 4.84 Å². The van der Waals surface area contributed by atoms with Crippen LogP contribution in [0.1, 0.15) is 92.4 Å². The fraction of sp³-hybridized carbons (Fsp3) is 0.880. The van der Waals surface area contributed by atoms with E-state index in [1.807, 2.05) is 13.8 Å². The lowest BCUT2D eigenvalue weighted by Crippen LogP contribution is -2.53. The van der Waals surface area contributed by atoms with Gasteiger partial charge in [-0.25, -0.2) is 4.79 Å². The van der Waals surface area contributed by atoms with Crippen LogP contribution in [0.2, 0.25) is 0 Å². The van der Waals surface area contributed by atoms with Crippen molar-refractivity contribution in [2.45, 2.75) is 92.4 Å². The molecule has 4 rings (SSSR count). The van der Waals surface area contributed by atoms with E-state index in [9.17, 15) is 9.59 Å². The number of Topliss-reactive ketones (excluding diaryl/α,β-unsaturated/α-hetero) is 1.